The van der Waals surface area contributed by atoms with Gasteiger partial charge in [0.15, 0.2) is 6.61 Å². The number of aryl methyl sites for hydroxylation is 1. The van der Waals surface area contributed by atoms with E-state index >= 15 is 0 Å². The van der Waals surface area contributed by atoms with Crippen molar-refractivity contribution < 1.29 is 28.3 Å². The molecule has 1 aliphatic heterocycles. The van der Waals surface area contributed by atoms with E-state index in [1.54, 1.807) is 48.5 Å². The summed E-state index contributed by atoms with van der Waals surface area (Å²) in [5.41, 5.74) is 2.68. The normalized spacial score (nSPS) is 14.3. The van der Waals surface area contributed by atoms with E-state index in [4.69, 9.17) is 9.15 Å². The van der Waals surface area contributed by atoms with Crippen molar-refractivity contribution in [3.8, 4) is 11.3 Å². The molecule has 9 heteroatoms. The molecule has 0 radical (unpaired) electrons. The minimum absolute atomic E-state index is 0.255. The highest BCUT2D eigenvalue weighted by Crippen LogP contribution is 2.28. The summed E-state index contributed by atoms with van der Waals surface area (Å²) in [4.78, 5) is 47.4. The van der Waals surface area contributed by atoms with Crippen LogP contribution in [0.4, 0.5) is 10.5 Å². The first-order valence-electron chi connectivity index (χ1n) is 9.86. The number of anilines is 1. The van der Waals surface area contributed by atoms with Gasteiger partial charge in [0.05, 0.1) is 10.5 Å². The van der Waals surface area contributed by atoms with E-state index < -0.39 is 29.6 Å². The number of hydrogen-bond donors (Lipinski definition) is 2. The number of thioether (sulfide) groups is 1. The molecule has 1 fully saturated rings. The molecule has 3 aromatic rings. The Bertz CT molecular complexity index is 1260. The second-order valence-corrected chi connectivity index (χ2v) is 8.14. The molecule has 0 aliphatic carbocycles. The van der Waals surface area contributed by atoms with Crippen LogP contribution in [0.25, 0.3) is 17.4 Å². The van der Waals surface area contributed by atoms with Crippen molar-refractivity contribution in [2.24, 2.45) is 0 Å². The van der Waals surface area contributed by atoms with Crippen LogP contribution in [-0.2, 0) is 14.3 Å². The van der Waals surface area contributed by atoms with Gasteiger partial charge < -0.3 is 14.5 Å². The van der Waals surface area contributed by atoms with E-state index in [9.17, 15) is 19.2 Å². The molecule has 2 aromatic carbocycles. The standard InChI is InChI=1S/C24H18N2O6S/c1-14-2-8-17(9-3-14)25-21(27)13-31-23(29)16-6-4-15(5-7-16)19-11-10-18(32-19)12-20-22(28)26-24(30)33-20/h2-12H,13H2,1H3,(H,25,27)(H,26,28,30)/b20-12+. The quantitative estimate of drug-likeness (QED) is 0.413. The molecule has 0 unspecified atom stereocenters. The summed E-state index contributed by atoms with van der Waals surface area (Å²) in [6.07, 6.45) is 1.49. The third-order valence-corrected chi connectivity index (χ3v) is 5.43. The Labute approximate surface area is 193 Å². The van der Waals surface area contributed by atoms with Gasteiger partial charge in [-0.2, -0.15) is 0 Å². The number of nitrogens with one attached hydrogen (secondary N) is 2. The second kappa shape index (κ2) is 9.58. The molecule has 0 atom stereocenters. The maximum atomic E-state index is 12.2. The fourth-order valence-corrected chi connectivity index (χ4v) is 3.62. The molecule has 1 aliphatic rings. The lowest BCUT2D eigenvalue weighted by molar-refractivity contribution is -0.119. The first-order chi connectivity index (χ1) is 15.9. The van der Waals surface area contributed by atoms with Crippen LogP contribution in [0, 0.1) is 6.92 Å². The van der Waals surface area contributed by atoms with Crippen LogP contribution >= 0.6 is 11.8 Å². The maximum absolute atomic E-state index is 12.2. The predicted octanol–water partition coefficient (Wildman–Crippen LogP) is 4.37. The van der Waals surface area contributed by atoms with Crippen molar-refractivity contribution in [1.82, 2.24) is 5.32 Å². The van der Waals surface area contributed by atoms with Crippen LogP contribution in [0.5, 0.6) is 0 Å². The fourth-order valence-electron chi connectivity index (χ4n) is 2.95. The number of imide groups is 1. The smallest absolute Gasteiger partial charge is 0.338 e. The Balaban J connectivity index is 1.34. The molecule has 2 N–H and O–H groups in total. The first-order valence-corrected chi connectivity index (χ1v) is 10.7. The summed E-state index contributed by atoms with van der Waals surface area (Å²) in [6.45, 7) is 1.54. The Morgan fingerprint density at radius 2 is 1.76 bits per heavy atom. The lowest BCUT2D eigenvalue weighted by atomic mass is 10.1. The number of furan rings is 1. The highest BCUT2D eigenvalue weighted by molar-refractivity contribution is 8.18. The minimum atomic E-state index is -0.626. The number of benzene rings is 2. The molecule has 2 heterocycles. The van der Waals surface area contributed by atoms with Gasteiger partial charge in [0, 0.05) is 17.3 Å². The fraction of sp³-hybridized carbons (Fsp3) is 0.0833. The second-order valence-electron chi connectivity index (χ2n) is 7.12. The van der Waals surface area contributed by atoms with Crippen molar-refractivity contribution in [3.63, 3.8) is 0 Å². The zero-order valence-corrected chi connectivity index (χ0v) is 18.2. The molecule has 0 bridgehead atoms. The Morgan fingerprint density at radius 1 is 1.03 bits per heavy atom. The number of amides is 3. The molecule has 0 saturated carbocycles. The van der Waals surface area contributed by atoms with Gasteiger partial charge in [-0.3, -0.25) is 19.7 Å². The molecule has 3 amide bonds. The number of carbonyl (C=O) groups is 4. The molecule has 8 nitrogen and oxygen atoms in total. The minimum Gasteiger partial charge on any atom is -0.457 e. The van der Waals surface area contributed by atoms with Gasteiger partial charge in [0.1, 0.15) is 11.5 Å². The van der Waals surface area contributed by atoms with Crippen molar-refractivity contribution in [3.05, 3.63) is 82.5 Å². The number of rotatable bonds is 6. The predicted molar refractivity (Wildman–Crippen MR) is 123 cm³/mol. The van der Waals surface area contributed by atoms with Crippen molar-refractivity contribution >= 4 is 46.5 Å². The average Bonchev–Trinajstić information content (AvgIpc) is 3.39. The van der Waals surface area contributed by atoms with Gasteiger partial charge in [-0.15, -0.1) is 0 Å². The Kier molecular flexibility index (Phi) is 6.41. The van der Waals surface area contributed by atoms with Crippen molar-refractivity contribution in [2.75, 3.05) is 11.9 Å². The Hall–Kier alpha value is -4.11. The maximum Gasteiger partial charge on any atom is 0.338 e. The number of esters is 1. The van der Waals surface area contributed by atoms with Gasteiger partial charge in [0.25, 0.3) is 17.1 Å². The van der Waals surface area contributed by atoms with Crippen molar-refractivity contribution in [2.45, 2.75) is 6.92 Å². The average molecular weight is 462 g/mol. The number of carbonyl (C=O) groups excluding carboxylic acids is 4. The Morgan fingerprint density at radius 3 is 2.42 bits per heavy atom. The van der Waals surface area contributed by atoms with Crippen LogP contribution in [0.1, 0.15) is 21.7 Å². The van der Waals surface area contributed by atoms with E-state index in [-0.39, 0.29) is 10.5 Å². The van der Waals surface area contributed by atoms with Crippen LogP contribution in [0.3, 0.4) is 0 Å². The van der Waals surface area contributed by atoms with E-state index in [0.29, 0.717) is 22.8 Å². The highest BCUT2D eigenvalue weighted by Gasteiger charge is 2.25. The van der Waals surface area contributed by atoms with Crippen LogP contribution in [-0.4, -0.2) is 29.6 Å². The molecule has 1 aromatic heterocycles. The van der Waals surface area contributed by atoms with Crippen LogP contribution in [0.15, 0.2) is 70.0 Å². The lowest BCUT2D eigenvalue weighted by Gasteiger charge is -2.07. The third-order valence-electron chi connectivity index (χ3n) is 4.62. The van der Waals surface area contributed by atoms with E-state index in [1.165, 1.54) is 6.08 Å². The zero-order chi connectivity index (χ0) is 23.4. The van der Waals surface area contributed by atoms with E-state index in [2.05, 4.69) is 10.6 Å². The highest BCUT2D eigenvalue weighted by atomic mass is 32.2. The van der Waals surface area contributed by atoms with Gasteiger partial charge in [0.2, 0.25) is 0 Å². The topological polar surface area (TPSA) is 115 Å². The first kappa shape index (κ1) is 22.1. The molecular formula is C24H18N2O6S. The summed E-state index contributed by atoms with van der Waals surface area (Å²) in [6, 6.07) is 17.2. The third kappa shape index (κ3) is 5.58. The number of ether oxygens (including phenoxy) is 1. The zero-order valence-electron chi connectivity index (χ0n) is 17.4. The van der Waals surface area contributed by atoms with Gasteiger partial charge >= 0.3 is 5.97 Å². The SMILES string of the molecule is Cc1ccc(NC(=O)COC(=O)c2ccc(-c3ccc(/C=C4/SC(=O)NC4=O)o3)cc2)cc1. The number of hydrogen-bond acceptors (Lipinski definition) is 7. The summed E-state index contributed by atoms with van der Waals surface area (Å²) in [7, 11) is 0. The summed E-state index contributed by atoms with van der Waals surface area (Å²) in [5.74, 6) is -0.580. The van der Waals surface area contributed by atoms with E-state index in [0.717, 1.165) is 17.3 Å². The van der Waals surface area contributed by atoms with Crippen LogP contribution < -0.4 is 10.6 Å². The monoisotopic (exact) mass is 462 g/mol. The molecule has 1 saturated heterocycles. The van der Waals surface area contributed by atoms with Crippen molar-refractivity contribution in [1.29, 1.82) is 0 Å². The van der Waals surface area contributed by atoms with Gasteiger partial charge in [-0.25, -0.2) is 4.79 Å². The molecular weight excluding hydrogens is 444 g/mol. The largest absolute Gasteiger partial charge is 0.457 e. The summed E-state index contributed by atoms with van der Waals surface area (Å²) in [5, 5.41) is 4.42. The molecule has 166 valence electrons. The van der Waals surface area contributed by atoms with E-state index in [1.807, 2.05) is 19.1 Å². The lowest BCUT2D eigenvalue weighted by Crippen LogP contribution is -2.20. The molecule has 0 spiro atoms. The summed E-state index contributed by atoms with van der Waals surface area (Å²) < 4.78 is 10.8. The molecule has 4 rings (SSSR count). The molecule has 33 heavy (non-hydrogen) atoms. The summed E-state index contributed by atoms with van der Waals surface area (Å²) >= 11 is 0.808. The van der Waals surface area contributed by atoms with Crippen LogP contribution in [0.2, 0.25) is 0 Å². The van der Waals surface area contributed by atoms with Gasteiger partial charge in [-0.1, -0.05) is 29.8 Å². The van der Waals surface area contributed by atoms with Gasteiger partial charge in [-0.05, 0) is 55.1 Å².